The number of pyridine rings is 1. The molecule has 2 heterocycles. The van der Waals surface area contributed by atoms with Gasteiger partial charge in [0.2, 0.25) is 0 Å². The van der Waals surface area contributed by atoms with Crippen LogP contribution in [-0.4, -0.2) is 24.1 Å². The van der Waals surface area contributed by atoms with Crippen molar-refractivity contribution in [2.24, 2.45) is 0 Å². The van der Waals surface area contributed by atoms with Crippen molar-refractivity contribution in [3.8, 4) is 6.07 Å². The first-order chi connectivity index (χ1) is 7.88. The Balaban J connectivity index is 1.74. The van der Waals surface area contributed by atoms with Crippen molar-refractivity contribution >= 4 is 5.69 Å². The molecule has 0 bridgehead atoms. The van der Waals surface area contributed by atoms with Gasteiger partial charge >= 0.3 is 0 Å². The van der Waals surface area contributed by atoms with Crippen LogP contribution in [0, 0.1) is 11.3 Å². The van der Waals surface area contributed by atoms with E-state index in [0.29, 0.717) is 11.7 Å². The van der Waals surface area contributed by atoms with E-state index in [4.69, 9.17) is 5.26 Å². The number of nitriles is 1. The summed E-state index contributed by atoms with van der Waals surface area (Å²) in [6, 6.07) is 6.30. The topological polar surface area (TPSA) is 60.7 Å². The largest absolute Gasteiger partial charge is 0.384 e. The number of hydrogen-bond donors (Lipinski definition) is 2. The third-order valence-corrected chi connectivity index (χ3v) is 2.86. The highest BCUT2D eigenvalue weighted by atomic mass is 15.0. The minimum absolute atomic E-state index is 0.461. The molecule has 0 aromatic carbocycles. The zero-order chi connectivity index (χ0) is 11.2. The van der Waals surface area contributed by atoms with Crippen LogP contribution in [0.3, 0.4) is 0 Å². The van der Waals surface area contributed by atoms with E-state index in [0.717, 1.165) is 25.2 Å². The first kappa shape index (κ1) is 10.9. The first-order valence-corrected chi connectivity index (χ1v) is 5.72. The molecule has 0 saturated carbocycles. The molecule has 0 unspecified atom stereocenters. The number of aromatic nitrogens is 1. The lowest BCUT2D eigenvalue weighted by molar-refractivity contribution is 0.574. The number of rotatable bonds is 4. The van der Waals surface area contributed by atoms with E-state index >= 15 is 0 Å². The number of nitrogens with zero attached hydrogens (tertiary/aromatic N) is 2. The number of nitrogens with one attached hydrogen (secondary N) is 2. The zero-order valence-corrected chi connectivity index (χ0v) is 9.24. The second-order valence-corrected chi connectivity index (χ2v) is 4.05. The fraction of sp³-hybridized carbons (Fsp3) is 0.500. The SMILES string of the molecule is N#Cc1ccc(NCC[C@@H]2CCCN2)cn1. The quantitative estimate of drug-likeness (QED) is 0.801. The third-order valence-electron chi connectivity index (χ3n) is 2.86. The highest BCUT2D eigenvalue weighted by molar-refractivity contribution is 5.42. The summed E-state index contributed by atoms with van der Waals surface area (Å²) in [5.74, 6) is 0. The standard InChI is InChI=1S/C12H16N4/c13-8-11-3-4-12(9-16-11)15-7-5-10-2-1-6-14-10/h3-4,9-10,14-15H,1-2,5-7H2/t10-/m0/s1. The van der Waals surface area contributed by atoms with Crippen molar-refractivity contribution in [2.45, 2.75) is 25.3 Å². The normalized spacial score (nSPS) is 19.3. The van der Waals surface area contributed by atoms with E-state index in [-0.39, 0.29) is 0 Å². The molecule has 84 valence electrons. The van der Waals surface area contributed by atoms with Crippen LogP contribution in [0.25, 0.3) is 0 Å². The summed E-state index contributed by atoms with van der Waals surface area (Å²) in [5.41, 5.74) is 1.44. The fourth-order valence-corrected chi connectivity index (χ4v) is 1.96. The van der Waals surface area contributed by atoms with Gasteiger partial charge in [-0.1, -0.05) is 0 Å². The second-order valence-electron chi connectivity index (χ2n) is 4.05. The smallest absolute Gasteiger partial charge is 0.140 e. The Kier molecular flexibility index (Phi) is 3.73. The summed E-state index contributed by atoms with van der Waals surface area (Å²) in [6.45, 7) is 2.11. The Morgan fingerprint density at radius 1 is 1.56 bits per heavy atom. The Morgan fingerprint density at radius 3 is 3.12 bits per heavy atom. The van der Waals surface area contributed by atoms with Gasteiger partial charge in [-0.25, -0.2) is 4.98 Å². The average Bonchev–Trinajstić information content (AvgIpc) is 2.83. The van der Waals surface area contributed by atoms with Gasteiger partial charge in [0, 0.05) is 12.6 Å². The lowest BCUT2D eigenvalue weighted by Gasteiger charge is -2.11. The lowest BCUT2D eigenvalue weighted by atomic mass is 10.1. The minimum Gasteiger partial charge on any atom is -0.384 e. The molecule has 2 N–H and O–H groups in total. The summed E-state index contributed by atoms with van der Waals surface area (Å²) in [7, 11) is 0. The van der Waals surface area contributed by atoms with Gasteiger partial charge in [-0.15, -0.1) is 0 Å². The summed E-state index contributed by atoms with van der Waals surface area (Å²) in [6.07, 6.45) is 5.43. The van der Waals surface area contributed by atoms with Crippen molar-refractivity contribution in [1.82, 2.24) is 10.3 Å². The van der Waals surface area contributed by atoms with Crippen molar-refractivity contribution in [2.75, 3.05) is 18.4 Å². The van der Waals surface area contributed by atoms with Gasteiger partial charge in [-0.3, -0.25) is 0 Å². The van der Waals surface area contributed by atoms with Crippen LogP contribution >= 0.6 is 0 Å². The summed E-state index contributed by atoms with van der Waals surface area (Å²) in [4.78, 5) is 4.01. The van der Waals surface area contributed by atoms with E-state index in [1.54, 1.807) is 12.3 Å². The number of hydrogen-bond acceptors (Lipinski definition) is 4. The molecule has 0 spiro atoms. The second kappa shape index (κ2) is 5.47. The maximum Gasteiger partial charge on any atom is 0.140 e. The van der Waals surface area contributed by atoms with Crippen molar-refractivity contribution in [3.63, 3.8) is 0 Å². The molecular formula is C12H16N4. The molecule has 0 radical (unpaired) electrons. The van der Waals surface area contributed by atoms with Crippen LogP contribution in [0.15, 0.2) is 18.3 Å². The molecule has 1 atom stereocenters. The molecule has 1 aliphatic heterocycles. The van der Waals surface area contributed by atoms with Gasteiger partial charge in [-0.05, 0) is 37.9 Å². The van der Waals surface area contributed by atoms with E-state index in [1.807, 2.05) is 12.1 Å². The molecule has 0 aliphatic carbocycles. The Bertz CT molecular complexity index is 360. The maximum atomic E-state index is 8.61. The van der Waals surface area contributed by atoms with E-state index in [2.05, 4.69) is 15.6 Å². The van der Waals surface area contributed by atoms with Gasteiger partial charge in [0.15, 0.2) is 0 Å². The molecule has 1 saturated heterocycles. The lowest BCUT2D eigenvalue weighted by Crippen LogP contribution is -2.24. The zero-order valence-electron chi connectivity index (χ0n) is 9.24. The monoisotopic (exact) mass is 216 g/mol. The molecular weight excluding hydrogens is 200 g/mol. The molecule has 2 rings (SSSR count). The predicted octanol–water partition coefficient (Wildman–Crippen LogP) is 1.51. The average molecular weight is 216 g/mol. The van der Waals surface area contributed by atoms with Crippen LogP contribution in [-0.2, 0) is 0 Å². The molecule has 4 nitrogen and oxygen atoms in total. The van der Waals surface area contributed by atoms with Crippen molar-refractivity contribution < 1.29 is 0 Å². The summed E-state index contributed by atoms with van der Waals surface area (Å²) in [5, 5.41) is 15.4. The highest BCUT2D eigenvalue weighted by Crippen LogP contribution is 2.10. The maximum absolute atomic E-state index is 8.61. The Hall–Kier alpha value is -1.60. The molecule has 0 amide bonds. The van der Waals surface area contributed by atoms with E-state index in [9.17, 15) is 0 Å². The molecule has 1 aromatic rings. The van der Waals surface area contributed by atoms with Crippen LogP contribution < -0.4 is 10.6 Å². The van der Waals surface area contributed by atoms with Crippen LogP contribution in [0.1, 0.15) is 25.0 Å². The highest BCUT2D eigenvalue weighted by Gasteiger charge is 2.12. The Labute approximate surface area is 95.7 Å². The van der Waals surface area contributed by atoms with Gasteiger partial charge < -0.3 is 10.6 Å². The van der Waals surface area contributed by atoms with Crippen LogP contribution in [0.2, 0.25) is 0 Å². The fourth-order valence-electron chi connectivity index (χ4n) is 1.96. The van der Waals surface area contributed by atoms with Crippen LogP contribution in [0.4, 0.5) is 5.69 Å². The Morgan fingerprint density at radius 2 is 2.50 bits per heavy atom. The molecule has 16 heavy (non-hydrogen) atoms. The molecule has 1 aromatic heterocycles. The van der Waals surface area contributed by atoms with Crippen LogP contribution in [0.5, 0.6) is 0 Å². The van der Waals surface area contributed by atoms with Gasteiger partial charge in [0.25, 0.3) is 0 Å². The van der Waals surface area contributed by atoms with Gasteiger partial charge in [0.1, 0.15) is 11.8 Å². The predicted molar refractivity (Wildman–Crippen MR) is 63.1 cm³/mol. The van der Waals surface area contributed by atoms with Crippen molar-refractivity contribution in [1.29, 1.82) is 5.26 Å². The van der Waals surface area contributed by atoms with E-state index < -0.39 is 0 Å². The van der Waals surface area contributed by atoms with E-state index in [1.165, 1.54) is 12.8 Å². The molecule has 4 heteroatoms. The van der Waals surface area contributed by atoms with Crippen molar-refractivity contribution in [3.05, 3.63) is 24.0 Å². The third kappa shape index (κ3) is 2.94. The van der Waals surface area contributed by atoms with Gasteiger partial charge in [0.05, 0.1) is 11.9 Å². The summed E-state index contributed by atoms with van der Waals surface area (Å²) >= 11 is 0. The number of anilines is 1. The van der Waals surface area contributed by atoms with Gasteiger partial charge in [-0.2, -0.15) is 5.26 Å². The summed E-state index contributed by atoms with van der Waals surface area (Å²) < 4.78 is 0. The molecule has 1 fully saturated rings. The molecule has 1 aliphatic rings. The first-order valence-electron chi connectivity index (χ1n) is 5.72. The minimum atomic E-state index is 0.461.